The highest BCUT2D eigenvalue weighted by molar-refractivity contribution is 7.18. The Bertz CT molecular complexity index is 440. The van der Waals surface area contributed by atoms with E-state index in [0.717, 1.165) is 25.0 Å². The van der Waals surface area contributed by atoms with Gasteiger partial charge in [-0.25, -0.2) is 9.07 Å². The number of nitrogens with zero attached hydrogens (tertiary/aromatic N) is 3. The molecule has 0 amide bonds. The number of halogens is 1. The Morgan fingerprint density at radius 1 is 1.32 bits per heavy atom. The number of hydrogen-bond donors (Lipinski definition) is 0. The molecule has 2 rings (SSSR count). The van der Waals surface area contributed by atoms with Crippen LogP contribution in [0.1, 0.15) is 64.4 Å². The molecule has 3 unspecified atom stereocenters. The van der Waals surface area contributed by atoms with Crippen LogP contribution in [0.3, 0.4) is 0 Å². The summed E-state index contributed by atoms with van der Waals surface area (Å²) in [6, 6.07) is 0.231. The summed E-state index contributed by atoms with van der Waals surface area (Å²) in [5, 5.41) is 6.86. The molecular formula is C14H25FN3P. The van der Waals surface area contributed by atoms with Gasteiger partial charge in [0.25, 0.3) is 0 Å². The van der Waals surface area contributed by atoms with Crippen LogP contribution in [0.25, 0.3) is 0 Å². The van der Waals surface area contributed by atoms with E-state index < -0.39 is 5.41 Å². The van der Waals surface area contributed by atoms with Crippen molar-refractivity contribution in [2.45, 2.75) is 64.8 Å². The van der Waals surface area contributed by atoms with Crippen molar-refractivity contribution in [2.75, 3.05) is 0 Å². The van der Waals surface area contributed by atoms with Crippen molar-refractivity contribution >= 4 is 9.24 Å². The summed E-state index contributed by atoms with van der Waals surface area (Å²) in [6.07, 6.45) is 3.42. The van der Waals surface area contributed by atoms with Gasteiger partial charge in [-0.1, -0.05) is 28.3 Å². The topological polar surface area (TPSA) is 30.7 Å². The van der Waals surface area contributed by atoms with Crippen LogP contribution in [0.2, 0.25) is 0 Å². The summed E-state index contributed by atoms with van der Waals surface area (Å²) in [6.45, 7) is 8.59. The molecule has 0 saturated heterocycles. The lowest BCUT2D eigenvalue weighted by Gasteiger charge is -2.29. The van der Waals surface area contributed by atoms with E-state index in [1.54, 1.807) is 0 Å². The van der Waals surface area contributed by atoms with Crippen molar-refractivity contribution in [3.63, 3.8) is 0 Å². The third-order valence-electron chi connectivity index (χ3n) is 4.25. The molecule has 0 N–H and O–H groups in total. The second kappa shape index (κ2) is 5.47. The van der Waals surface area contributed by atoms with Crippen molar-refractivity contribution in [3.05, 3.63) is 11.4 Å². The Kier molecular flexibility index (Phi) is 4.29. The SMILES string of the molecule is CC(C)C1CCc2c(nnn2C(C)C)C(F)(P)CC1. The summed E-state index contributed by atoms with van der Waals surface area (Å²) in [4.78, 5) is 0. The van der Waals surface area contributed by atoms with Gasteiger partial charge >= 0.3 is 0 Å². The van der Waals surface area contributed by atoms with Gasteiger partial charge in [0.05, 0.1) is 5.69 Å². The van der Waals surface area contributed by atoms with Gasteiger partial charge in [-0.05, 0) is 51.4 Å². The number of rotatable bonds is 2. The molecule has 0 bridgehead atoms. The zero-order chi connectivity index (χ0) is 14.2. The van der Waals surface area contributed by atoms with Crippen LogP contribution in [-0.4, -0.2) is 15.0 Å². The summed E-state index contributed by atoms with van der Waals surface area (Å²) >= 11 is 0. The molecule has 0 aliphatic heterocycles. The van der Waals surface area contributed by atoms with Gasteiger partial charge in [0.1, 0.15) is 5.69 Å². The lowest BCUT2D eigenvalue weighted by molar-refractivity contribution is 0.211. The standard InChI is InChI=1S/C14H25FN3P/c1-9(2)11-5-6-12-13(14(15,19)8-7-11)16-17-18(12)10(3)4/h9-11H,5-8,19H2,1-4H3. The first-order chi connectivity index (χ1) is 8.83. The van der Waals surface area contributed by atoms with Gasteiger partial charge in [-0.2, -0.15) is 0 Å². The molecule has 3 nitrogen and oxygen atoms in total. The second-order valence-corrected chi connectivity index (χ2v) is 7.28. The fraction of sp³-hybridized carbons (Fsp3) is 0.857. The highest BCUT2D eigenvalue weighted by Gasteiger charge is 2.36. The highest BCUT2D eigenvalue weighted by atomic mass is 31.0. The predicted molar refractivity (Wildman–Crippen MR) is 78.8 cm³/mol. The molecule has 0 radical (unpaired) electrons. The lowest BCUT2D eigenvalue weighted by atomic mass is 9.83. The van der Waals surface area contributed by atoms with Crippen LogP contribution in [0.15, 0.2) is 0 Å². The third-order valence-corrected chi connectivity index (χ3v) is 4.81. The zero-order valence-electron chi connectivity index (χ0n) is 12.4. The predicted octanol–water partition coefficient (Wildman–Crippen LogP) is 3.86. The first kappa shape index (κ1) is 14.9. The molecule has 0 fully saturated rings. The number of alkyl halides is 1. The first-order valence-electron chi connectivity index (χ1n) is 7.25. The fourth-order valence-electron chi connectivity index (χ4n) is 2.93. The van der Waals surface area contributed by atoms with E-state index in [0.29, 0.717) is 24.0 Å². The highest BCUT2D eigenvalue weighted by Crippen LogP contribution is 2.43. The Morgan fingerprint density at radius 2 is 2.00 bits per heavy atom. The first-order valence-corrected chi connectivity index (χ1v) is 7.83. The maximum absolute atomic E-state index is 14.9. The van der Waals surface area contributed by atoms with Crippen LogP contribution in [0, 0.1) is 11.8 Å². The van der Waals surface area contributed by atoms with E-state index in [2.05, 4.69) is 47.2 Å². The molecule has 1 aliphatic carbocycles. The van der Waals surface area contributed by atoms with Gasteiger partial charge in [-0.15, -0.1) is 5.10 Å². The molecular weight excluding hydrogens is 260 g/mol. The third kappa shape index (κ3) is 2.99. The van der Waals surface area contributed by atoms with E-state index in [1.807, 2.05) is 4.68 Å². The van der Waals surface area contributed by atoms with Crippen molar-refractivity contribution in [1.29, 1.82) is 0 Å². The molecule has 3 atom stereocenters. The van der Waals surface area contributed by atoms with Crippen molar-refractivity contribution < 1.29 is 4.39 Å². The molecule has 0 saturated carbocycles. The largest absolute Gasteiger partial charge is 0.246 e. The van der Waals surface area contributed by atoms with Crippen LogP contribution in [-0.2, 0) is 11.8 Å². The van der Waals surface area contributed by atoms with Gasteiger partial charge in [0, 0.05) is 6.04 Å². The summed E-state index contributed by atoms with van der Waals surface area (Å²) in [5.74, 6) is 1.19. The Morgan fingerprint density at radius 3 is 2.58 bits per heavy atom. The fourth-order valence-corrected chi connectivity index (χ4v) is 3.32. The summed E-state index contributed by atoms with van der Waals surface area (Å²) < 4.78 is 16.8. The van der Waals surface area contributed by atoms with Crippen LogP contribution in [0.5, 0.6) is 0 Å². The molecule has 108 valence electrons. The van der Waals surface area contributed by atoms with Crippen LogP contribution >= 0.6 is 9.24 Å². The summed E-state index contributed by atoms with van der Waals surface area (Å²) in [7, 11) is 2.36. The molecule has 1 aromatic rings. The van der Waals surface area contributed by atoms with Crippen molar-refractivity contribution in [1.82, 2.24) is 15.0 Å². The number of fused-ring (bicyclic) bond motifs is 1. The molecule has 1 aliphatic rings. The van der Waals surface area contributed by atoms with Crippen molar-refractivity contribution in [3.8, 4) is 0 Å². The second-order valence-electron chi connectivity index (χ2n) is 6.37. The lowest BCUT2D eigenvalue weighted by Crippen LogP contribution is -2.23. The van der Waals surface area contributed by atoms with E-state index in [4.69, 9.17) is 0 Å². The minimum absolute atomic E-state index is 0.231. The molecule has 5 heteroatoms. The molecule has 1 heterocycles. The van der Waals surface area contributed by atoms with E-state index in [1.165, 1.54) is 0 Å². The average Bonchev–Trinajstić information content (AvgIpc) is 2.70. The maximum Gasteiger partial charge on any atom is 0.168 e. The number of aromatic nitrogens is 3. The minimum Gasteiger partial charge on any atom is -0.246 e. The summed E-state index contributed by atoms with van der Waals surface area (Å²) in [5.41, 5.74) is 1.52. The van der Waals surface area contributed by atoms with Gasteiger partial charge in [-0.3, -0.25) is 0 Å². The molecule has 0 spiro atoms. The quantitative estimate of drug-likeness (QED) is 0.773. The molecule has 0 aromatic carbocycles. The van der Waals surface area contributed by atoms with E-state index >= 15 is 0 Å². The van der Waals surface area contributed by atoms with Gasteiger partial charge in [0.15, 0.2) is 5.41 Å². The molecule has 1 aromatic heterocycles. The van der Waals surface area contributed by atoms with Crippen molar-refractivity contribution in [2.24, 2.45) is 11.8 Å². The molecule has 19 heavy (non-hydrogen) atoms. The Balaban J connectivity index is 2.37. The van der Waals surface area contributed by atoms with Crippen LogP contribution in [0.4, 0.5) is 4.39 Å². The zero-order valence-corrected chi connectivity index (χ0v) is 13.5. The Hall–Kier alpha value is -0.500. The van der Waals surface area contributed by atoms with E-state index in [-0.39, 0.29) is 6.04 Å². The Labute approximate surface area is 117 Å². The number of hydrogen-bond acceptors (Lipinski definition) is 2. The van der Waals surface area contributed by atoms with Crippen LogP contribution < -0.4 is 0 Å². The maximum atomic E-state index is 14.9. The van der Waals surface area contributed by atoms with E-state index in [9.17, 15) is 4.39 Å². The minimum atomic E-state index is -1.42. The average molecular weight is 285 g/mol. The smallest absolute Gasteiger partial charge is 0.168 e. The normalized spacial score (nSPS) is 28.3. The van der Waals surface area contributed by atoms with Gasteiger partial charge in [0.2, 0.25) is 0 Å². The monoisotopic (exact) mass is 285 g/mol. The van der Waals surface area contributed by atoms with Gasteiger partial charge < -0.3 is 0 Å².